The number of ether oxygens (including phenoxy) is 12. The van der Waals surface area contributed by atoms with Crippen LogP contribution in [0.4, 0.5) is 0 Å². The van der Waals surface area contributed by atoms with Crippen LogP contribution in [-0.2, 0) is 100.0 Å². The standard InChI is InChI=1S/C15H20O2.C13H24O3.C13H24O2S.3C13H24O2.2C12H22O3.C12H22O2.CH4/c1-11(2)12(3)14(10-15(16)17-4)13-8-6-5-7-9-13;1-9(2)10(3)11(8-12(14)15-6)13(4,5)16-7;1-9(2)11(4)12(7-13(14)15-5)10(3)8-16-6;1-9(2)10(3)11(13(4,5)6)8-12(14)15-7;2*1-7-10(4)12(8-13(14)15-6)11(5)9(2)3;2*1-8(2)9(3)11(10(4)14-5)7-12(13)15-6;1-8(2)10(5)11(9(3)4)7-12(13)14-6;/h5-9,11,14H,3,10H2,1-2,4H3;9,11H,3,8H2,1-2,4-7H3;9-10,12H,4,7-8H2,1-3,5-6H3;9,11H,3,8H2,1-2,4-7H3;2*9-10,12H,5,7-8H2,1-4,6H3;2*8,10-11H,3,7H2,1-2,4-6H3;8-9,11H,5,7H2,1-4,6H3;1H4/t14-;11-;10?,12-;11-;10-,12+;10-,12-;10-,11+;10-,11-;11-;/m110110010./s1. The summed E-state index contributed by atoms with van der Waals surface area (Å²) in [6.45, 7) is 104. The number of carbonyl (C=O) groups is 9. The summed E-state index contributed by atoms with van der Waals surface area (Å²) in [7, 11) is 17.7. The molecule has 0 aliphatic rings. The average molecular weight is 1990 g/mol. The van der Waals surface area contributed by atoms with Crippen LogP contribution in [0.25, 0.3) is 0 Å². The van der Waals surface area contributed by atoms with Gasteiger partial charge < -0.3 is 56.8 Å². The van der Waals surface area contributed by atoms with Crippen molar-refractivity contribution in [3.63, 3.8) is 0 Å². The second-order valence-corrected chi connectivity index (χ2v) is 41.7. The molecule has 0 radical (unpaired) electrons. The number of carbonyl (C=O) groups excluding carboxylic acids is 9. The molecular formula is C117H210O21S. The highest BCUT2D eigenvalue weighted by atomic mass is 32.2. The fourth-order valence-corrected chi connectivity index (χ4v) is 15.3. The Morgan fingerprint density at radius 2 is 0.504 bits per heavy atom. The monoisotopic (exact) mass is 1980 g/mol. The Hall–Kier alpha value is -7.66. The van der Waals surface area contributed by atoms with E-state index in [4.69, 9.17) is 42.6 Å². The summed E-state index contributed by atoms with van der Waals surface area (Å²) in [5.41, 5.74) is 10.7. The van der Waals surface area contributed by atoms with Gasteiger partial charge in [0.05, 0.1) is 140 Å². The average Bonchev–Trinajstić information content (AvgIpc) is 0.832. The lowest BCUT2D eigenvalue weighted by Crippen LogP contribution is -2.37. The van der Waals surface area contributed by atoms with E-state index < -0.39 is 5.60 Å². The smallest absolute Gasteiger partial charge is 0.306 e. The molecule has 1 aromatic rings. The van der Waals surface area contributed by atoms with E-state index in [9.17, 15) is 43.2 Å². The summed E-state index contributed by atoms with van der Waals surface area (Å²) in [6.07, 6.45) is 7.78. The van der Waals surface area contributed by atoms with Gasteiger partial charge in [0.25, 0.3) is 0 Å². The first kappa shape index (κ1) is 149. The molecule has 810 valence electrons. The molecule has 22 heteroatoms. The lowest BCUT2D eigenvalue weighted by Gasteiger charge is -2.35. The Bertz CT molecular complexity index is 3480. The molecule has 1 rings (SSSR count). The van der Waals surface area contributed by atoms with Gasteiger partial charge in [-0.25, -0.2) is 0 Å². The van der Waals surface area contributed by atoms with E-state index in [-0.39, 0.29) is 132 Å². The topological polar surface area (TPSA) is 264 Å². The molecule has 0 amide bonds. The first-order valence-corrected chi connectivity index (χ1v) is 50.9. The maximum Gasteiger partial charge on any atom is 0.306 e. The quantitative estimate of drug-likeness (QED) is 0.0333. The minimum atomic E-state index is -0.407. The van der Waals surface area contributed by atoms with Gasteiger partial charge in [0.1, 0.15) is 0 Å². The Balaban J connectivity index is -0.000000195. The molecule has 1 aromatic carbocycles. The fourth-order valence-electron chi connectivity index (χ4n) is 14.6. The van der Waals surface area contributed by atoms with Crippen molar-refractivity contribution in [2.75, 3.05) is 97.3 Å². The lowest BCUT2D eigenvalue weighted by molar-refractivity contribution is -0.144. The zero-order valence-corrected chi connectivity index (χ0v) is 96.9. The number of benzene rings is 1. The molecular weight excluding hydrogens is 1770 g/mol. The zero-order valence-electron chi connectivity index (χ0n) is 96.1. The fraction of sp³-hybridized carbons (Fsp3) is 0.718. The van der Waals surface area contributed by atoms with Crippen LogP contribution in [0.1, 0.15) is 311 Å². The van der Waals surface area contributed by atoms with Gasteiger partial charge in [-0.2, -0.15) is 11.8 Å². The Morgan fingerprint density at radius 1 is 0.288 bits per heavy atom. The van der Waals surface area contributed by atoms with Crippen LogP contribution in [0.3, 0.4) is 0 Å². The molecule has 139 heavy (non-hydrogen) atoms. The number of hydrogen-bond acceptors (Lipinski definition) is 22. The van der Waals surface area contributed by atoms with Crippen LogP contribution in [-0.4, -0.2) is 169 Å². The Labute approximate surface area is 856 Å². The highest BCUT2D eigenvalue weighted by molar-refractivity contribution is 7.98. The van der Waals surface area contributed by atoms with Crippen molar-refractivity contribution < 1.29 is 100.0 Å². The normalized spacial score (nSPS) is 13.9. The third-order valence-corrected chi connectivity index (χ3v) is 27.3. The van der Waals surface area contributed by atoms with Gasteiger partial charge in [-0.3, -0.25) is 43.2 Å². The van der Waals surface area contributed by atoms with Crippen LogP contribution < -0.4 is 0 Å². The van der Waals surface area contributed by atoms with Gasteiger partial charge in [0, 0.05) is 45.0 Å². The molecule has 21 nitrogen and oxygen atoms in total. The summed E-state index contributed by atoms with van der Waals surface area (Å²) in [4.78, 5) is 102. The summed E-state index contributed by atoms with van der Waals surface area (Å²) in [5, 5.41) is 0. The van der Waals surface area contributed by atoms with Crippen LogP contribution in [0.15, 0.2) is 140 Å². The van der Waals surface area contributed by atoms with Gasteiger partial charge in [-0.15, -0.1) is 0 Å². The zero-order chi connectivity index (χ0) is 110. The van der Waals surface area contributed by atoms with E-state index in [2.05, 4.69) is 274 Å². The van der Waals surface area contributed by atoms with Crippen LogP contribution in [0, 0.1) is 130 Å². The van der Waals surface area contributed by atoms with Crippen molar-refractivity contribution in [1.82, 2.24) is 0 Å². The van der Waals surface area contributed by atoms with Crippen molar-refractivity contribution in [2.24, 2.45) is 130 Å². The van der Waals surface area contributed by atoms with Crippen molar-refractivity contribution in [2.45, 2.75) is 323 Å². The molecule has 0 heterocycles. The second kappa shape index (κ2) is 81.7. The number of thioether (sulfide) groups is 1. The van der Waals surface area contributed by atoms with Gasteiger partial charge in [0.2, 0.25) is 0 Å². The molecule has 0 spiro atoms. The molecule has 0 aliphatic carbocycles. The summed E-state index contributed by atoms with van der Waals surface area (Å²) in [5.74, 6) is 6.05. The second-order valence-electron chi connectivity index (χ2n) is 40.8. The van der Waals surface area contributed by atoms with E-state index in [0.717, 1.165) is 74.3 Å². The Kier molecular flexibility index (Phi) is 87.7. The number of esters is 9. The molecule has 0 saturated heterocycles. The maximum atomic E-state index is 11.5. The third-order valence-electron chi connectivity index (χ3n) is 26.4. The lowest BCUT2D eigenvalue weighted by atomic mass is 9.72. The van der Waals surface area contributed by atoms with Crippen LogP contribution in [0.2, 0.25) is 0 Å². The maximum absolute atomic E-state index is 11.5. The van der Waals surface area contributed by atoms with Crippen molar-refractivity contribution in [3.8, 4) is 0 Å². The van der Waals surface area contributed by atoms with E-state index in [0.29, 0.717) is 135 Å². The molecule has 0 aromatic heterocycles. The summed E-state index contributed by atoms with van der Waals surface area (Å²) >= 11 is 1.81. The number of rotatable bonds is 51. The van der Waals surface area contributed by atoms with Crippen molar-refractivity contribution >= 4 is 65.5 Å². The molecule has 0 saturated carbocycles. The van der Waals surface area contributed by atoms with Gasteiger partial charge in [-0.05, 0) is 157 Å². The van der Waals surface area contributed by atoms with Crippen molar-refractivity contribution in [3.05, 3.63) is 145 Å². The first-order valence-electron chi connectivity index (χ1n) is 49.5. The van der Waals surface area contributed by atoms with Gasteiger partial charge in [-0.1, -0.05) is 354 Å². The predicted octanol–water partition coefficient (Wildman–Crippen LogP) is 28.5. The van der Waals surface area contributed by atoms with Crippen LogP contribution >= 0.6 is 11.8 Å². The highest BCUT2D eigenvalue weighted by Gasteiger charge is 2.37. The minimum Gasteiger partial charge on any atom is -0.469 e. The molecule has 0 fully saturated rings. The molecule has 0 aliphatic heterocycles. The van der Waals surface area contributed by atoms with E-state index in [1.165, 1.54) is 64.0 Å². The SMILES string of the molecule is C.C=C(C(C)C)[C@@H](CC(=O)OC)C(C)(C)C.C=C(C(C)C)[C@@H](CC(=O)OC)C(C)(C)OC.C=C(C(C)C)[C@@H](CC(=O)OC)C(C)C.C=C(C(C)C)[C@@H](CC(=O)OC)C(C)CSC.C=C(C(C)C)[C@@H](CC(=O)OC)[C@@H](C)CC.C=C(C(C)C)[C@@H](CC(=O)OC)[C@@H](C)OC.C=C(C(C)C)[C@@H](CC(=O)OC)[C@H](C)CC.C=C(C(C)C)[C@@H](CC(=O)OC)[C@H](C)OC.C=C(C(C)C)[C@@H](CC(=O)OC)c1ccccc1. The largest absolute Gasteiger partial charge is 0.469 e. The van der Waals surface area contributed by atoms with Crippen LogP contribution in [0.5, 0.6) is 0 Å². The van der Waals surface area contributed by atoms with Gasteiger partial charge >= 0.3 is 53.7 Å². The molecule has 0 N–H and O–H groups in total. The third kappa shape index (κ3) is 66.0. The summed E-state index contributed by atoms with van der Waals surface area (Å²) < 4.78 is 58.4. The Morgan fingerprint density at radius 3 is 0.727 bits per heavy atom. The van der Waals surface area contributed by atoms with E-state index in [1.54, 1.807) is 21.3 Å². The molecule has 14 atom stereocenters. The highest BCUT2D eigenvalue weighted by Crippen LogP contribution is 2.40. The first-order chi connectivity index (χ1) is 63.6. The minimum absolute atomic E-state index is 0. The van der Waals surface area contributed by atoms with E-state index in [1.807, 2.05) is 69.8 Å². The van der Waals surface area contributed by atoms with E-state index >= 15 is 0 Å². The van der Waals surface area contributed by atoms with Gasteiger partial charge in [0.15, 0.2) is 0 Å². The molecule has 1 unspecified atom stereocenters. The van der Waals surface area contributed by atoms with Crippen molar-refractivity contribution in [1.29, 1.82) is 0 Å². The molecule has 0 bridgehead atoms. The number of allylic oxidation sites excluding steroid dienone is 6. The predicted molar refractivity (Wildman–Crippen MR) is 584 cm³/mol. The summed E-state index contributed by atoms with van der Waals surface area (Å²) in [6, 6.07) is 9.99. The number of hydrogen-bond donors (Lipinski definition) is 0. The number of methoxy groups -OCH3 is 12.